The standard InChI is InChI=1S/C17H18N2OS/c20-10-11-21-16-12-18-17(13-6-2-1-3-7-13)14-8-4-5-9-15(14)19-16/h1-9,16,19-20H,10-12H2. The lowest BCUT2D eigenvalue weighted by Gasteiger charge is -2.16. The minimum Gasteiger partial charge on any atom is -0.396 e. The molecule has 4 heteroatoms. The number of nitrogens with zero attached hydrogens (tertiary/aromatic N) is 1. The van der Waals surface area contributed by atoms with Crippen LogP contribution in [0.25, 0.3) is 0 Å². The Balaban J connectivity index is 1.97. The van der Waals surface area contributed by atoms with Crippen LogP contribution in [0.5, 0.6) is 0 Å². The van der Waals surface area contributed by atoms with Gasteiger partial charge in [0.15, 0.2) is 0 Å². The summed E-state index contributed by atoms with van der Waals surface area (Å²) in [5.74, 6) is 0.718. The summed E-state index contributed by atoms with van der Waals surface area (Å²) in [5.41, 5.74) is 4.41. The minimum atomic E-state index is 0.194. The summed E-state index contributed by atoms with van der Waals surface area (Å²) < 4.78 is 0. The molecule has 0 spiro atoms. The van der Waals surface area contributed by atoms with Gasteiger partial charge in [-0.15, -0.1) is 11.8 Å². The fourth-order valence-corrected chi connectivity index (χ4v) is 3.21. The van der Waals surface area contributed by atoms with E-state index in [0.29, 0.717) is 6.54 Å². The van der Waals surface area contributed by atoms with Gasteiger partial charge in [0, 0.05) is 22.6 Å². The molecule has 2 N–H and O–H groups in total. The third-order valence-electron chi connectivity index (χ3n) is 3.37. The van der Waals surface area contributed by atoms with Crippen molar-refractivity contribution in [1.29, 1.82) is 0 Å². The highest BCUT2D eigenvalue weighted by Gasteiger charge is 2.19. The summed E-state index contributed by atoms with van der Waals surface area (Å²) in [6.07, 6.45) is 0. The molecule has 0 saturated carbocycles. The van der Waals surface area contributed by atoms with E-state index in [4.69, 9.17) is 10.1 Å². The average Bonchev–Trinajstić information content (AvgIpc) is 2.73. The molecule has 2 aromatic rings. The van der Waals surface area contributed by atoms with Gasteiger partial charge in [0.2, 0.25) is 0 Å². The van der Waals surface area contributed by atoms with Gasteiger partial charge in [0.05, 0.1) is 24.2 Å². The molecule has 1 unspecified atom stereocenters. The van der Waals surface area contributed by atoms with Crippen LogP contribution in [0.3, 0.4) is 0 Å². The lowest BCUT2D eigenvalue weighted by Crippen LogP contribution is -2.19. The predicted molar refractivity (Wildman–Crippen MR) is 90.3 cm³/mol. The third-order valence-corrected chi connectivity index (χ3v) is 4.46. The van der Waals surface area contributed by atoms with Gasteiger partial charge in [-0.3, -0.25) is 4.99 Å². The predicted octanol–water partition coefficient (Wildman–Crippen LogP) is 3.00. The topological polar surface area (TPSA) is 44.6 Å². The quantitative estimate of drug-likeness (QED) is 0.912. The summed E-state index contributed by atoms with van der Waals surface area (Å²) in [6, 6.07) is 18.6. The van der Waals surface area contributed by atoms with Crippen molar-refractivity contribution in [3.63, 3.8) is 0 Å². The third kappa shape index (κ3) is 3.28. The maximum Gasteiger partial charge on any atom is 0.0920 e. The number of thioether (sulfide) groups is 1. The lowest BCUT2D eigenvalue weighted by molar-refractivity contribution is 0.322. The molecule has 2 aromatic carbocycles. The minimum absolute atomic E-state index is 0.194. The SMILES string of the molecule is OCCSC1CN=C(c2ccccc2)c2ccccc2N1. The molecule has 0 aliphatic carbocycles. The van der Waals surface area contributed by atoms with E-state index < -0.39 is 0 Å². The Morgan fingerprint density at radius 2 is 1.86 bits per heavy atom. The molecule has 0 radical (unpaired) electrons. The Morgan fingerprint density at radius 1 is 1.10 bits per heavy atom. The van der Waals surface area contributed by atoms with E-state index in [9.17, 15) is 0 Å². The molecule has 0 saturated heterocycles. The highest BCUT2D eigenvalue weighted by atomic mass is 32.2. The highest BCUT2D eigenvalue weighted by molar-refractivity contribution is 8.00. The number of aliphatic hydroxyl groups is 1. The average molecular weight is 298 g/mol. The molecule has 0 bridgehead atoms. The van der Waals surface area contributed by atoms with Crippen LogP contribution in [-0.4, -0.2) is 35.1 Å². The highest BCUT2D eigenvalue weighted by Crippen LogP contribution is 2.26. The zero-order valence-electron chi connectivity index (χ0n) is 11.7. The number of anilines is 1. The van der Waals surface area contributed by atoms with Crippen molar-refractivity contribution >= 4 is 23.2 Å². The monoisotopic (exact) mass is 298 g/mol. The number of aliphatic imine (C=N–C) groups is 1. The number of para-hydroxylation sites is 1. The van der Waals surface area contributed by atoms with Crippen molar-refractivity contribution in [3.05, 3.63) is 65.7 Å². The molecule has 0 aromatic heterocycles. The van der Waals surface area contributed by atoms with Crippen molar-refractivity contribution < 1.29 is 5.11 Å². The molecule has 21 heavy (non-hydrogen) atoms. The van der Waals surface area contributed by atoms with Crippen LogP contribution >= 0.6 is 11.8 Å². The Bertz CT molecular complexity index is 628. The van der Waals surface area contributed by atoms with E-state index in [2.05, 4.69) is 29.6 Å². The Hall–Kier alpha value is -1.78. The summed E-state index contributed by atoms with van der Waals surface area (Å²) in [7, 11) is 0. The van der Waals surface area contributed by atoms with Gasteiger partial charge in [-0.2, -0.15) is 0 Å². The first-order valence-corrected chi connectivity index (χ1v) is 8.11. The van der Waals surface area contributed by atoms with Crippen LogP contribution in [0.2, 0.25) is 0 Å². The fourth-order valence-electron chi connectivity index (χ4n) is 2.43. The van der Waals surface area contributed by atoms with Crippen molar-refractivity contribution in [3.8, 4) is 0 Å². The van der Waals surface area contributed by atoms with E-state index in [1.165, 1.54) is 0 Å². The molecule has 0 amide bonds. The number of rotatable bonds is 4. The summed E-state index contributed by atoms with van der Waals surface area (Å²) in [5, 5.41) is 12.7. The van der Waals surface area contributed by atoms with Gasteiger partial charge in [0.1, 0.15) is 0 Å². The molecule has 108 valence electrons. The zero-order valence-corrected chi connectivity index (χ0v) is 12.5. The van der Waals surface area contributed by atoms with E-state index >= 15 is 0 Å². The Kier molecular flexibility index (Phi) is 4.58. The molecule has 0 fully saturated rings. The summed E-state index contributed by atoms with van der Waals surface area (Å²) in [4.78, 5) is 4.82. The van der Waals surface area contributed by atoms with Crippen molar-refractivity contribution in [2.75, 3.05) is 24.2 Å². The first kappa shape index (κ1) is 14.2. The second-order valence-corrected chi connectivity index (χ2v) is 6.14. The fraction of sp³-hybridized carbons (Fsp3) is 0.235. The van der Waals surface area contributed by atoms with Crippen LogP contribution in [-0.2, 0) is 0 Å². The number of aliphatic hydroxyl groups excluding tert-OH is 1. The van der Waals surface area contributed by atoms with Gasteiger partial charge in [-0.05, 0) is 6.07 Å². The second-order valence-electron chi connectivity index (χ2n) is 4.83. The molecule has 1 aliphatic heterocycles. The molecule has 1 heterocycles. The number of hydrogen-bond acceptors (Lipinski definition) is 4. The molecular weight excluding hydrogens is 280 g/mol. The molecular formula is C17H18N2OS. The first-order chi connectivity index (χ1) is 10.4. The summed E-state index contributed by atoms with van der Waals surface area (Å²) >= 11 is 1.70. The number of nitrogens with one attached hydrogen (secondary N) is 1. The number of benzene rings is 2. The van der Waals surface area contributed by atoms with Crippen molar-refractivity contribution in [1.82, 2.24) is 0 Å². The molecule has 3 nitrogen and oxygen atoms in total. The van der Waals surface area contributed by atoms with Gasteiger partial charge >= 0.3 is 0 Å². The van der Waals surface area contributed by atoms with E-state index in [1.807, 2.05) is 30.3 Å². The number of benzodiazepines with no additional fused rings is 1. The zero-order chi connectivity index (χ0) is 14.5. The second kappa shape index (κ2) is 6.78. The number of fused-ring (bicyclic) bond motifs is 1. The van der Waals surface area contributed by atoms with E-state index in [1.54, 1.807) is 11.8 Å². The first-order valence-electron chi connectivity index (χ1n) is 7.07. The largest absolute Gasteiger partial charge is 0.396 e. The maximum atomic E-state index is 9.01. The molecule has 3 rings (SSSR count). The van der Waals surface area contributed by atoms with Crippen molar-refractivity contribution in [2.45, 2.75) is 5.37 Å². The normalized spacial score (nSPS) is 17.4. The summed E-state index contributed by atoms with van der Waals surface area (Å²) in [6.45, 7) is 0.892. The van der Waals surface area contributed by atoms with Gasteiger partial charge < -0.3 is 10.4 Å². The van der Waals surface area contributed by atoms with E-state index in [-0.39, 0.29) is 12.0 Å². The van der Waals surface area contributed by atoms with Crippen LogP contribution in [0, 0.1) is 0 Å². The van der Waals surface area contributed by atoms with Gasteiger partial charge in [-0.1, -0.05) is 48.5 Å². The number of hydrogen-bond donors (Lipinski definition) is 2. The maximum absolute atomic E-state index is 9.01. The van der Waals surface area contributed by atoms with Crippen LogP contribution in [0.15, 0.2) is 59.6 Å². The smallest absolute Gasteiger partial charge is 0.0920 e. The van der Waals surface area contributed by atoms with Crippen LogP contribution in [0.4, 0.5) is 5.69 Å². The molecule has 1 atom stereocenters. The lowest BCUT2D eigenvalue weighted by atomic mass is 10.0. The van der Waals surface area contributed by atoms with Gasteiger partial charge in [-0.25, -0.2) is 0 Å². The van der Waals surface area contributed by atoms with Crippen molar-refractivity contribution in [2.24, 2.45) is 4.99 Å². The van der Waals surface area contributed by atoms with E-state index in [0.717, 1.165) is 28.3 Å². The van der Waals surface area contributed by atoms with Crippen LogP contribution < -0.4 is 5.32 Å². The molecule has 1 aliphatic rings. The van der Waals surface area contributed by atoms with Gasteiger partial charge in [0.25, 0.3) is 0 Å². The Labute approximate surface area is 129 Å². The Morgan fingerprint density at radius 3 is 2.67 bits per heavy atom. The van der Waals surface area contributed by atoms with Crippen LogP contribution in [0.1, 0.15) is 11.1 Å².